The third-order valence-electron chi connectivity index (χ3n) is 2.13. The molecular formula is C13H11ClN. The van der Waals surface area contributed by atoms with Crippen LogP contribution in [0.3, 0.4) is 0 Å². The monoisotopic (exact) mass is 216 g/mol. The molecule has 2 rings (SSSR count). The molecule has 1 nitrogen and oxygen atoms in total. The minimum atomic E-state index is 0.771. The molecule has 0 bridgehead atoms. The number of halogens is 1. The number of benzene rings is 2. The highest BCUT2D eigenvalue weighted by atomic mass is 35.5. The van der Waals surface area contributed by atoms with E-state index >= 15 is 0 Å². The van der Waals surface area contributed by atoms with E-state index in [0.717, 1.165) is 17.3 Å². The van der Waals surface area contributed by atoms with Crippen LogP contribution in [-0.2, 0) is 6.54 Å². The molecule has 0 atom stereocenters. The summed E-state index contributed by atoms with van der Waals surface area (Å²) in [4.78, 5) is 0. The SMILES string of the molecule is Clc1ccc(CNc2cc[c]cc2)cc1. The van der Waals surface area contributed by atoms with Gasteiger partial charge in [0.15, 0.2) is 0 Å². The molecule has 0 unspecified atom stereocenters. The molecule has 1 radical (unpaired) electrons. The lowest BCUT2D eigenvalue weighted by molar-refractivity contribution is 1.15. The minimum Gasteiger partial charge on any atom is -0.381 e. The number of nitrogens with one attached hydrogen (secondary N) is 1. The van der Waals surface area contributed by atoms with Gasteiger partial charge in [-0.05, 0) is 35.9 Å². The van der Waals surface area contributed by atoms with Crippen molar-refractivity contribution in [3.8, 4) is 0 Å². The Morgan fingerprint density at radius 2 is 1.67 bits per heavy atom. The number of anilines is 1. The summed E-state index contributed by atoms with van der Waals surface area (Å²) in [7, 11) is 0. The third kappa shape index (κ3) is 3.00. The second-order valence-corrected chi connectivity index (χ2v) is 3.71. The molecule has 2 aromatic carbocycles. The zero-order valence-corrected chi connectivity index (χ0v) is 8.96. The summed E-state index contributed by atoms with van der Waals surface area (Å²) in [6, 6.07) is 18.6. The van der Waals surface area contributed by atoms with Crippen LogP contribution in [0.2, 0.25) is 5.02 Å². The molecule has 75 valence electrons. The lowest BCUT2D eigenvalue weighted by Crippen LogP contribution is -1.98. The Labute approximate surface area is 94.7 Å². The summed E-state index contributed by atoms with van der Waals surface area (Å²) in [5.74, 6) is 0. The Hall–Kier alpha value is -1.47. The van der Waals surface area contributed by atoms with E-state index in [1.165, 1.54) is 5.56 Å². The highest BCUT2D eigenvalue weighted by Gasteiger charge is 1.93. The number of hydrogen-bond donors (Lipinski definition) is 1. The zero-order chi connectivity index (χ0) is 10.5. The topological polar surface area (TPSA) is 12.0 Å². The van der Waals surface area contributed by atoms with E-state index in [4.69, 9.17) is 11.6 Å². The average Bonchev–Trinajstić information content (AvgIpc) is 2.30. The molecule has 0 heterocycles. The molecule has 0 saturated heterocycles. The Kier molecular flexibility index (Phi) is 3.25. The first-order valence-corrected chi connectivity index (χ1v) is 5.17. The zero-order valence-electron chi connectivity index (χ0n) is 8.20. The lowest BCUT2D eigenvalue weighted by atomic mass is 10.2. The standard InChI is InChI=1S/C13H11ClN/c14-12-8-6-11(7-9-12)10-15-13-4-2-1-3-5-13/h2-9,15H,10H2. The first kappa shape index (κ1) is 10.1. The van der Waals surface area contributed by atoms with Gasteiger partial charge in [0.2, 0.25) is 0 Å². The van der Waals surface area contributed by atoms with Crippen LogP contribution in [0.15, 0.2) is 48.5 Å². The van der Waals surface area contributed by atoms with Crippen LogP contribution in [0.5, 0.6) is 0 Å². The van der Waals surface area contributed by atoms with E-state index in [0.29, 0.717) is 0 Å². The van der Waals surface area contributed by atoms with Gasteiger partial charge in [0.1, 0.15) is 0 Å². The molecule has 0 aliphatic carbocycles. The van der Waals surface area contributed by atoms with E-state index < -0.39 is 0 Å². The van der Waals surface area contributed by atoms with E-state index in [-0.39, 0.29) is 0 Å². The van der Waals surface area contributed by atoms with Crippen LogP contribution in [-0.4, -0.2) is 0 Å². The van der Waals surface area contributed by atoms with Crippen molar-refractivity contribution >= 4 is 17.3 Å². The van der Waals surface area contributed by atoms with E-state index in [1.807, 2.05) is 48.5 Å². The van der Waals surface area contributed by atoms with Gasteiger partial charge in [-0.2, -0.15) is 0 Å². The van der Waals surface area contributed by atoms with E-state index in [2.05, 4.69) is 11.4 Å². The van der Waals surface area contributed by atoms with Crippen molar-refractivity contribution in [2.45, 2.75) is 6.54 Å². The van der Waals surface area contributed by atoms with Crippen molar-refractivity contribution in [3.63, 3.8) is 0 Å². The average molecular weight is 217 g/mol. The Morgan fingerprint density at radius 1 is 1.00 bits per heavy atom. The van der Waals surface area contributed by atoms with Crippen molar-refractivity contribution in [1.29, 1.82) is 0 Å². The summed E-state index contributed by atoms with van der Waals surface area (Å²) in [6.45, 7) is 0.807. The van der Waals surface area contributed by atoms with Crippen LogP contribution in [0, 0.1) is 6.07 Å². The maximum Gasteiger partial charge on any atom is 0.0406 e. The third-order valence-corrected chi connectivity index (χ3v) is 2.38. The van der Waals surface area contributed by atoms with E-state index in [9.17, 15) is 0 Å². The van der Waals surface area contributed by atoms with Crippen LogP contribution >= 0.6 is 11.6 Å². The molecule has 0 aliphatic heterocycles. The minimum absolute atomic E-state index is 0.771. The molecule has 0 aromatic heterocycles. The Balaban J connectivity index is 1.96. The Morgan fingerprint density at radius 3 is 2.33 bits per heavy atom. The Bertz CT molecular complexity index is 408. The molecule has 2 heteroatoms. The van der Waals surface area contributed by atoms with Crippen LogP contribution < -0.4 is 5.32 Å². The van der Waals surface area contributed by atoms with Gasteiger partial charge in [-0.1, -0.05) is 35.9 Å². The maximum absolute atomic E-state index is 5.80. The summed E-state index contributed by atoms with van der Waals surface area (Å²) < 4.78 is 0. The number of hydrogen-bond acceptors (Lipinski definition) is 1. The molecule has 0 saturated carbocycles. The fourth-order valence-electron chi connectivity index (χ4n) is 1.31. The normalized spacial score (nSPS) is 9.93. The van der Waals surface area contributed by atoms with Gasteiger partial charge in [-0.3, -0.25) is 0 Å². The van der Waals surface area contributed by atoms with Crippen LogP contribution in [0.4, 0.5) is 5.69 Å². The van der Waals surface area contributed by atoms with E-state index in [1.54, 1.807) is 0 Å². The van der Waals surface area contributed by atoms with Gasteiger partial charge in [-0.25, -0.2) is 0 Å². The fraction of sp³-hybridized carbons (Fsp3) is 0.0769. The van der Waals surface area contributed by atoms with Crippen molar-refractivity contribution in [1.82, 2.24) is 0 Å². The molecule has 0 amide bonds. The smallest absolute Gasteiger partial charge is 0.0406 e. The van der Waals surface area contributed by atoms with Gasteiger partial charge in [0.05, 0.1) is 0 Å². The van der Waals surface area contributed by atoms with Gasteiger partial charge in [0, 0.05) is 17.3 Å². The molecule has 15 heavy (non-hydrogen) atoms. The summed E-state index contributed by atoms with van der Waals surface area (Å²) >= 11 is 5.80. The second kappa shape index (κ2) is 4.85. The largest absolute Gasteiger partial charge is 0.381 e. The predicted octanol–water partition coefficient (Wildman–Crippen LogP) is 3.75. The number of rotatable bonds is 3. The highest BCUT2D eigenvalue weighted by Crippen LogP contribution is 2.11. The summed E-state index contributed by atoms with van der Waals surface area (Å²) in [5, 5.41) is 4.09. The highest BCUT2D eigenvalue weighted by molar-refractivity contribution is 6.30. The van der Waals surface area contributed by atoms with Gasteiger partial charge < -0.3 is 5.32 Å². The predicted molar refractivity (Wildman–Crippen MR) is 64.1 cm³/mol. The van der Waals surface area contributed by atoms with Crippen molar-refractivity contribution in [2.24, 2.45) is 0 Å². The lowest BCUT2D eigenvalue weighted by Gasteiger charge is -2.05. The van der Waals surface area contributed by atoms with Crippen molar-refractivity contribution < 1.29 is 0 Å². The van der Waals surface area contributed by atoms with Gasteiger partial charge >= 0.3 is 0 Å². The molecule has 1 N–H and O–H groups in total. The molecule has 0 spiro atoms. The van der Waals surface area contributed by atoms with Crippen LogP contribution in [0.1, 0.15) is 5.56 Å². The fourth-order valence-corrected chi connectivity index (χ4v) is 1.44. The second-order valence-electron chi connectivity index (χ2n) is 3.27. The first-order valence-electron chi connectivity index (χ1n) is 4.79. The van der Waals surface area contributed by atoms with Gasteiger partial charge in [0.25, 0.3) is 0 Å². The van der Waals surface area contributed by atoms with Crippen LogP contribution in [0.25, 0.3) is 0 Å². The molecule has 2 aromatic rings. The quantitative estimate of drug-likeness (QED) is 0.824. The summed E-state index contributed by atoms with van der Waals surface area (Å²) in [6.07, 6.45) is 0. The van der Waals surface area contributed by atoms with Gasteiger partial charge in [-0.15, -0.1) is 0 Å². The molecule has 0 fully saturated rings. The van der Waals surface area contributed by atoms with Crippen molar-refractivity contribution in [2.75, 3.05) is 5.32 Å². The molecular weight excluding hydrogens is 206 g/mol. The van der Waals surface area contributed by atoms with Crippen molar-refractivity contribution in [3.05, 3.63) is 65.2 Å². The maximum atomic E-state index is 5.80. The first-order chi connectivity index (χ1) is 7.34. The molecule has 0 aliphatic rings. The summed E-state index contributed by atoms with van der Waals surface area (Å²) in [5.41, 5.74) is 2.32.